The average molecular weight is 540 g/mol. The second kappa shape index (κ2) is 11.2. The van der Waals surface area contributed by atoms with E-state index in [-0.39, 0.29) is 30.7 Å². The molecule has 0 saturated carbocycles. The van der Waals surface area contributed by atoms with Crippen LogP contribution in [-0.4, -0.2) is 62.3 Å². The Balaban J connectivity index is 1.45. The summed E-state index contributed by atoms with van der Waals surface area (Å²) in [6.45, 7) is 0.617. The maximum Gasteiger partial charge on any atom is 0.151 e. The number of methoxy groups -OCH3 is 1. The van der Waals surface area contributed by atoms with Gasteiger partial charge in [-0.2, -0.15) is 0 Å². The van der Waals surface area contributed by atoms with Crippen molar-refractivity contribution in [3.05, 3.63) is 70.4 Å². The van der Waals surface area contributed by atoms with Gasteiger partial charge in [-0.15, -0.1) is 0 Å². The molecule has 1 fully saturated rings. The van der Waals surface area contributed by atoms with Crippen molar-refractivity contribution in [3.8, 4) is 22.8 Å². The monoisotopic (exact) mass is 539 g/mol. The fourth-order valence-corrected chi connectivity index (χ4v) is 6.23. The lowest BCUT2D eigenvalue weighted by Gasteiger charge is -2.29. The molecule has 3 aromatic rings. The minimum Gasteiger partial charge on any atom is -0.497 e. The lowest BCUT2D eigenvalue weighted by atomic mass is 10.2. The molecule has 0 amide bonds. The third kappa shape index (κ3) is 6.92. The van der Waals surface area contributed by atoms with Crippen LogP contribution in [-0.2, 0) is 16.4 Å². The largest absolute Gasteiger partial charge is 0.497 e. The average Bonchev–Trinajstić information content (AvgIpc) is 3.45. The first kappa shape index (κ1) is 25.9. The quantitative estimate of drug-likeness (QED) is 0.399. The van der Waals surface area contributed by atoms with Crippen molar-refractivity contribution >= 4 is 33.0 Å². The van der Waals surface area contributed by atoms with Crippen LogP contribution in [0.4, 0.5) is 0 Å². The summed E-state index contributed by atoms with van der Waals surface area (Å²) < 4.78 is 41.1. The van der Waals surface area contributed by atoms with E-state index in [2.05, 4.69) is 0 Å². The van der Waals surface area contributed by atoms with Crippen molar-refractivity contribution in [1.82, 2.24) is 4.90 Å². The Morgan fingerprint density at radius 3 is 2.54 bits per heavy atom. The minimum absolute atomic E-state index is 0.0484. The fourth-order valence-electron chi connectivity index (χ4n) is 4.09. The predicted octanol–water partition coefficient (Wildman–Crippen LogP) is 4.69. The molecule has 0 aliphatic carbocycles. The van der Waals surface area contributed by atoms with E-state index in [1.165, 1.54) is 0 Å². The summed E-state index contributed by atoms with van der Waals surface area (Å²) in [5.41, 5.74) is 0.674. The summed E-state index contributed by atoms with van der Waals surface area (Å²) in [5, 5.41) is 11.8. The Morgan fingerprint density at radius 2 is 1.86 bits per heavy atom. The van der Waals surface area contributed by atoms with Gasteiger partial charge in [0.1, 0.15) is 35.7 Å². The molecule has 2 aromatic carbocycles. The Bertz CT molecular complexity index is 1250. The van der Waals surface area contributed by atoms with Crippen LogP contribution in [0.1, 0.15) is 12.2 Å². The summed E-state index contributed by atoms with van der Waals surface area (Å²) in [6.07, 6.45) is -0.334. The number of furan rings is 1. The number of rotatable bonds is 10. The van der Waals surface area contributed by atoms with Crippen molar-refractivity contribution in [1.29, 1.82) is 0 Å². The van der Waals surface area contributed by atoms with E-state index in [4.69, 9.17) is 37.1 Å². The minimum atomic E-state index is -3.11. The smallest absolute Gasteiger partial charge is 0.151 e. The van der Waals surface area contributed by atoms with Gasteiger partial charge in [-0.1, -0.05) is 23.2 Å². The second-order valence-electron chi connectivity index (χ2n) is 8.52. The molecular weight excluding hydrogens is 513 g/mol. The maximum atomic E-state index is 12.1. The number of sulfone groups is 1. The van der Waals surface area contributed by atoms with Crippen molar-refractivity contribution in [2.24, 2.45) is 0 Å². The number of aliphatic hydroxyl groups is 1. The molecule has 7 nitrogen and oxygen atoms in total. The van der Waals surface area contributed by atoms with Crippen molar-refractivity contribution in [2.45, 2.75) is 25.1 Å². The lowest BCUT2D eigenvalue weighted by molar-refractivity contribution is 0.0498. The molecule has 1 saturated heterocycles. The maximum absolute atomic E-state index is 12.1. The third-order valence-corrected chi connectivity index (χ3v) is 8.20. The number of halogens is 2. The number of hydrogen-bond acceptors (Lipinski definition) is 7. The standard InChI is InChI=1S/C25H27Cl2NO6S/c1-32-20-3-5-21(6-4-20)33-15-19(29)13-28(18-10-11-35(30,31)16-18)14-22-7-9-25(34-22)23-12-17(26)2-8-24(23)27/h2-9,12,18-19,29H,10-11,13-16H2,1H3. The highest BCUT2D eigenvalue weighted by atomic mass is 35.5. The first-order chi connectivity index (χ1) is 16.7. The van der Waals surface area contributed by atoms with E-state index < -0.39 is 15.9 Å². The second-order valence-corrected chi connectivity index (χ2v) is 11.6. The van der Waals surface area contributed by atoms with Gasteiger partial charge >= 0.3 is 0 Å². The van der Waals surface area contributed by atoms with Crippen LogP contribution in [0.25, 0.3) is 11.3 Å². The van der Waals surface area contributed by atoms with Crippen molar-refractivity contribution in [2.75, 3.05) is 31.8 Å². The molecule has 35 heavy (non-hydrogen) atoms. The molecule has 0 spiro atoms. The molecule has 2 unspecified atom stereocenters. The summed E-state index contributed by atoms with van der Waals surface area (Å²) >= 11 is 12.4. The van der Waals surface area contributed by atoms with Gasteiger partial charge in [0, 0.05) is 23.2 Å². The Kier molecular flexibility index (Phi) is 8.29. The molecule has 1 N–H and O–H groups in total. The lowest BCUT2D eigenvalue weighted by Crippen LogP contribution is -2.42. The summed E-state index contributed by atoms with van der Waals surface area (Å²) in [5.74, 6) is 2.69. The van der Waals surface area contributed by atoms with Gasteiger partial charge in [0.2, 0.25) is 0 Å². The van der Waals surface area contributed by atoms with Gasteiger partial charge in [0.05, 0.1) is 30.2 Å². The van der Waals surface area contributed by atoms with Crippen LogP contribution >= 0.6 is 23.2 Å². The highest BCUT2D eigenvalue weighted by Gasteiger charge is 2.33. The Morgan fingerprint density at radius 1 is 1.11 bits per heavy atom. The van der Waals surface area contributed by atoms with E-state index >= 15 is 0 Å². The van der Waals surface area contributed by atoms with Gasteiger partial charge in [0.25, 0.3) is 0 Å². The zero-order valence-electron chi connectivity index (χ0n) is 19.2. The molecule has 1 aliphatic heterocycles. The van der Waals surface area contributed by atoms with Crippen molar-refractivity contribution in [3.63, 3.8) is 0 Å². The molecule has 4 rings (SSSR count). The van der Waals surface area contributed by atoms with Crippen LogP contribution in [0.2, 0.25) is 10.0 Å². The van der Waals surface area contributed by atoms with E-state index in [0.717, 1.165) is 0 Å². The molecule has 0 bridgehead atoms. The van der Waals surface area contributed by atoms with E-state index in [1.54, 1.807) is 55.6 Å². The van der Waals surface area contributed by atoms with Gasteiger partial charge < -0.3 is 19.0 Å². The van der Waals surface area contributed by atoms with Crippen LogP contribution in [0, 0.1) is 0 Å². The SMILES string of the molecule is COc1ccc(OCC(O)CN(Cc2ccc(-c3cc(Cl)ccc3Cl)o2)C2CCS(=O)(=O)C2)cc1. The highest BCUT2D eigenvalue weighted by Crippen LogP contribution is 2.32. The van der Waals surface area contributed by atoms with Gasteiger partial charge in [-0.3, -0.25) is 4.90 Å². The Labute approximate surface area is 215 Å². The molecule has 10 heteroatoms. The van der Waals surface area contributed by atoms with Gasteiger partial charge in [-0.05, 0) is 61.0 Å². The van der Waals surface area contributed by atoms with Crippen LogP contribution in [0.3, 0.4) is 0 Å². The van der Waals surface area contributed by atoms with Gasteiger partial charge in [0.15, 0.2) is 9.84 Å². The summed E-state index contributed by atoms with van der Waals surface area (Å²) in [7, 11) is -1.52. The van der Waals surface area contributed by atoms with Crippen LogP contribution in [0.5, 0.6) is 11.5 Å². The number of nitrogens with zero attached hydrogens (tertiary/aromatic N) is 1. The third-order valence-electron chi connectivity index (χ3n) is 5.89. The molecule has 1 aliphatic rings. The van der Waals surface area contributed by atoms with Gasteiger partial charge in [-0.25, -0.2) is 8.42 Å². The normalized spacial score (nSPS) is 18.0. The number of ether oxygens (including phenoxy) is 2. The first-order valence-corrected chi connectivity index (χ1v) is 13.7. The summed E-state index contributed by atoms with van der Waals surface area (Å²) in [4.78, 5) is 1.94. The zero-order valence-corrected chi connectivity index (χ0v) is 21.5. The summed E-state index contributed by atoms with van der Waals surface area (Å²) in [6, 6.07) is 15.6. The highest BCUT2D eigenvalue weighted by molar-refractivity contribution is 7.91. The molecule has 0 radical (unpaired) electrons. The topological polar surface area (TPSA) is 89.2 Å². The van der Waals surface area contributed by atoms with E-state index in [1.807, 2.05) is 11.0 Å². The zero-order chi connectivity index (χ0) is 25.0. The molecule has 1 aromatic heterocycles. The van der Waals surface area contributed by atoms with E-state index in [0.29, 0.717) is 51.6 Å². The first-order valence-electron chi connectivity index (χ1n) is 11.2. The fraction of sp³-hybridized carbons (Fsp3) is 0.360. The number of aliphatic hydroxyl groups excluding tert-OH is 1. The van der Waals surface area contributed by atoms with Crippen LogP contribution < -0.4 is 9.47 Å². The Hall–Kier alpha value is -2.23. The van der Waals surface area contributed by atoms with Crippen molar-refractivity contribution < 1.29 is 27.4 Å². The molecule has 2 atom stereocenters. The molecular formula is C25H27Cl2NO6S. The number of benzene rings is 2. The predicted molar refractivity (Wildman–Crippen MR) is 136 cm³/mol. The molecule has 2 heterocycles. The number of hydrogen-bond donors (Lipinski definition) is 1. The van der Waals surface area contributed by atoms with Crippen LogP contribution in [0.15, 0.2) is 59.0 Å². The molecule has 188 valence electrons. The van der Waals surface area contributed by atoms with E-state index in [9.17, 15) is 13.5 Å².